The fourth-order valence-corrected chi connectivity index (χ4v) is 2.72. The van der Waals surface area contributed by atoms with Crippen molar-refractivity contribution in [2.24, 2.45) is 0 Å². The highest BCUT2D eigenvalue weighted by Gasteiger charge is 2.32. The second-order valence-electron chi connectivity index (χ2n) is 4.58. The first-order valence-electron chi connectivity index (χ1n) is 5.51. The molecule has 78 valence electrons. The highest BCUT2D eigenvalue weighted by Crippen LogP contribution is 2.26. The second-order valence-corrected chi connectivity index (χ2v) is 4.58. The van der Waals surface area contributed by atoms with Crippen molar-refractivity contribution in [1.82, 2.24) is 4.90 Å². The summed E-state index contributed by atoms with van der Waals surface area (Å²) in [4.78, 5) is 2.55. The van der Waals surface area contributed by atoms with Crippen LogP contribution in [0.25, 0.3) is 0 Å². The third-order valence-corrected chi connectivity index (χ3v) is 3.16. The molecule has 13 heavy (non-hydrogen) atoms. The van der Waals surface area contributed by atoms with E-state index in [1.165, 1.54) is 0 Å². The SMILES string of the molecule is CCC1CC(O)CC(C)N1C(C)C. The highest BCUT2D eigenvalue weighted by atomic mass is 16.3. The first-order valence-corrected chi connectivity index (χ1v) is 5.51. The zero-order valence-corrected chi connectivity index (χ0v) is 9.33. The Hall–Kier alpha value is -0.0800. The quantitative estimate of drug-likeness (QED) is 0.711. The summed E-state index contributed by atoms with van der Waals surface area (Å²) in [5, 5.41) is 9.65. The molecule has 0 aromatic rings. The number of hydrogen-bond acceptors (Lipinski definition) is 2. The van der Waals surface area contributed by atoms with Gasteiger partial charge in [0.15, 0.2) is 0 Å². The molecule has 1 saturated heterocycles. The maximum atomic E-state index is 9.65. The summed E-state index contributed by atoms with van der Waals surface area (Å²) < 4.78 is 0. The summed E-state index contributed by atoms with van der Waals surface area (Å²) in [6, 6.07) is 1.72. The van der Waals surface area contributed by atoms with Gasteiger partial charge in [0.05, 0.1) is 6.10 Å². The Bertz CT molecular complexity index is 158. The molecule has 2 nitrogen and oxygen atoms in total. The summed E-state index contributed by atoms with van der Waals surface area (Å²) in [5.41, 5.74) is 0. The van der Waals surface area contributed by atoms with Gasteiger partial charge in [-0.25, -0.2) is 0 Å². The number of likely N-dealkylation sites (tertiary alicyclic amines) is 1. The number of piperidine rings is 1. The van der Waals surface area contributed by atoms with Crippen LogP contribution in [0, 0.1) is 0 Å². The maximum absolute atomic E-state index is 9.65. The van der Waals surface area contributed by atoms with E-state index in [0.717, 1.165) is 19.3 Å². The van der Waals surface area contributed by atoms with Gasteiger partial charge in [0, 0.05) is 18.1 Å². The molecule has 1 fully saturated rings. The van der Waals surface area contributed by atoms with Crippen LogP contribution in [0.2, 0.25) is 0 Å². The molecule has 1 heterocycles. The van der Waals surface area contributed by atoms with Gasteiger partial charge in [0.25, 0.3) is 0 Å². The summed E-state index contributed by atoms with van der Waals surface area (Å²) >= 11 is 0. The standard InChI is InChI=1S/C11H23NO/c1-5-10-7-11(13)6-9(4)12(10)8(2)3/h8-11,13H,5-7H2,1-4H3. The monoisotopic (exact) mass is 185 g/mol. The fourth-order valence-electron chi connectivity index (χ4n) is 2.72. The lowest BCUT2D eigenvalue weighted by molar-refractivity contribution is -0.0118. The zero-order valence-electron chi connectivity index (χ0n) is 9.33. The van der Waals surface area contributed by atoms with Crippen LogP contribution < -0.4 is 0 Å². The molecule has 0 amide bonds. The molecular weight excluding hydrogens is 162 g/mol. The summed E-state index contributed by atoms with van der Waals surface area (Å²) in [6.07, 6.45) is 2.97. The number of nitrogens with zero attached hydrogens (tertiary/aromatic N) is 1. The van der Waals surface area contributed by atoms with Crippen LogP contribution in [0.15, 0.2) is 0 Å². The van der Waals surface area contributed by atoms with Gasteiger partial charge in [-0.15, -0.1) is 0 Å². The molecule has 0 aromatic heterocycles. The van der Waals surface area contributed by atoms with Crippen molar-refractivity contribution < 1.29 is 5.11 Å². The minimum absolute atomic E-state index is 0.0741. The highest BCUT2D eigenvalue weighted by molar-refractivity contribution is 4.87. The molecule has 1 aliphatic heterocycles. The van der Waals surface area contributed by atoms with Crippen LogP contribution in [0.4, 0.5) is 0 Å². The van der Waals surface area contributed by atoms with Crippen LogP contribution in [0.3, 0.4) is 0 Å². The van der Waals surface area contributed by atoms with Crippen molar-refractivity contribution >= 4 is 0 Å². The topological polar surface area (TPSA) is 23.5 Å². The van der Waals surface area contributed by atoms with Gasteiger partial charge in [0.1, 0.15) is 0 Å². The Balaban J connectivity index is 2.66. The van der Waals surface area contributed by atoms with Gasteiger partial charge >= 0.3 is 0 Å². The molecule has 0 saturated carbocycles. The Morgan fingerprint density at radius 3 is 2.46 bits per heavy atom. The minimum atomic E-state index is -0.0741. The van der Waals surface area contributed by atoms with Crippen LogP contribution in [0.1, 0.15) is 47.0 Å². The van der Waals surface area contributed by atoms with Crippen molar-refractivity contribution in [3.05, 3.63) is 0 Å². The average Bonchev–Trinajstić information content (AvgIpc) is 2.01. The molecular formula is C11H23NO. The molecule has 3 unspecified atom stereocenters. The van der Waals surface area contributed by atoms with E-state index < -0.39 is 0 Å². The largest absolute Gasteiger partial charge is 0.393 e. The van der Waals surface area contributed by atoms with Crippen molar-refractivity contribution in [2.45, 2.75) is 71.2 Å². The Morgan fingerprint density at radius 1 is 1.38 bits per heavy atom. The van der Waals surface area contributed by atoms with E-state index in [4.69, 9.17) is 0 Å². The third-order valence-electron chi connectivity index (χ3n) is 3.16. The predicted octanol–water partition coefficient (Wildman–Crippen LogP) is 2.02. The van der Waals surface area contributed by atoms with E-state index in [1.54, 1.807) is 0 Å². The van der Waals surface area contributed by atoms with Crippen LogP contribution in [-0.4, -0.2) is 34.2 Å². The lowest BCUT2D eigenvalue weighted by Crippen LogP contribution is -2.52. The van der Waals surface area contributed by atoms with Gasteiger partial charge in [-0.2, -0.15) is 0 Å². The summed E-state index contributed by atoms with van der Waals surface area (Å²) in [5.74, 6) is 0. The number of rotatable bonds is 2. The van der Waals surface area contributed by atoms with E-state index in [2.05, 4.69) is 32.6 Å². The van der Waals surface area contributed by atoms with E-state index in [0.29, 0.717) is 18.1 Å². The maximum Gasteiger partial charge on any atom is 0.0570 e. The normalized spacial score (nSPS) is 36.9. The van der Waals surface area contributed by atoms with E-state index >= 15 is 0 Å². The van der Waals surface area contributed by atoms with Crippen LogP contribution in [-0.2, 0) is 0 Å². The summed E-state index contributed by atoms with van der Waals surface area (Å²) in [7, 11) is 0. The summed E-state index contributed by atoms with van der Waals surface area (Å²) in [6.45, 7) is 8.93. The molecule has 2 heteroatoms. The molecule has 0 radical (unpaired) electrons. The average molecular weight is 185 g/mol. The molecule has 1 rings (SSSR count). The Kier molecular flexibility index (Phi) is 3.74. The molecule has 0 aliphatic carbocycles. The molecule has 3 atom stereocenters. The first kappa shape index (κ1) is 11.0. The smallest absolute Gasteiger partial charge is 0.0570 e. The van der Waals surface area contributed by atoms with E-state index in [1.807, 2.05) is 0 Å². The lowest BCUT2D eigenvalue weighted by atomic mass is 9.91. The predicted molar refractivity (Wildman–Crippen MR) is 55.8 cm³/mol. The molecule has 1 N–H and O–H groups in total. The van der Waals surface area contributed by atoms with Gasteiger partial charge < -0.3 is 5.11 Å². The Morgan fingerprint density at radius 2 is 2.00 bits per heavy atom. The third kappa shape index (κ3) is 2.44. The Labute approximate surface area is 81.9 Å². The van der Waals surface area contributed by atoms with Gasteiger partial charge in [-0.3, -0.25) is 4.90 Å². The van der Waals surface area contributed by atoms with Gasteiger partial charge in [-0.05, 0) is 40.0 Å². The van der Waals surface area contributed by atoms with E-state index in [9.17, 15) is 5.11 Å². The molecule has 1 aliphatic rings. The first-order chi connectivity index (χ1) is 6.06. The van der Waals surface area contributed by atoms with Gasteiger partial charge in [-0.1, -0.05) is 6.92 Å². The second kappa shape index (κ2) is 4.43. The van der Waals surface area contributed by atoms with E-state index in [-0.39, 0.29) is 6.10 Å². The van der Waals surface area contributed by atoms with Crippen molar-refractivity contribution in [3.63, 3.8) is 0 Å². The van der Waals surface area contributed by atoms with Crippen LogP contribution in [0.5, 0.6) is 0 Å². The van der Waals surface area contributed by atoms with Crippen molar-refractivity contribution in [2.75, 3.05) is 0 Å². The number of aliphatic hydroxyl groups excluding tert-OH is 1. The molecule has 0 bridgehead atoms. The molecule has 0 aromatic carbocycles. The van der Waals surface area contributed by atoms with Crippen LogP contribution >= 0.6 is 0 Å². The minimum Gasteiger partial charge on any atom is -0.393 e. The zero-order chi connectivity index (χ0) is 10.0. The van der Waals surface area contributed by atoms with Gasteiger partial charge in [0.2, 0.25) is 0 Å². The van der Waals surface area contributed by atoms with Crippen molar-refractivity contribution in [1.29, 1.82) is 0 Å². The molecule has 0 spiro atoms. The number of aliphatic hydroxyl groups is 1. The fraction of sp³-hybridized carbons (Fsp3) is 1.00. The number of hydrogen-bond donors (Lipinski definition) is 1. The lowest BCUT2D eigenvalue weighted by Gasteiger charge is -2.45. The van der Waals surface area contributed by atoms with Crippen molar-refractivity contribution in [3.8, 4) is 0 Å².